The fourth-order valence-electron chi connectivity index (χ4n) is 1.21. The molecule has 2 aromatic rings. The maximum absolute atomic E-state index is 5.95. The zero-order chi connectivity index (χ0) is 11.4. The standard InChI is InChI=1S/C10H9BrClN3S/c11-9-3-8(16-10(9)12)5-14-4-7-1-2-13-6-15-7/h1-3,6,14H,4-5H2. The summed E-state index contributed by atoms with van der Waals surface area (Å²) in [5.74, 6) is 0. The summed E-state index contributed by atoms with van der Waals surface area (Å²) < 4.78 is 1.75. The van der Waals surface area contributed by atoms with E-state index in [1.165, 1.54) is 4.88 Å². The van der Waals surface area contributed by atoms with Gasteiger partial charge in [-0.1, -0.05) is 11.6 Å². The number of nitrogens with zero attached hydrogens (tertiary/aromatic N) is 2. The van der Waals surface area contributed by atoms with Crippen LogP contribution in [-0.2, 0) is 13.1 Å². The Morgan fingerprint density at radius 1 is 1.44 bits per heavy atom. The molecule has 0 aliphatic heterocycles. The molecule has 16 heavy (non-hydrogen) atoms. The first-order chi connectivity index (χ1) is 7.75. The molecule has 0 bridgehead atoms. The number of halogens is 2. The van der Waals surface area contributed by atoms with Gasteiger partial charge in [0.2, 0.25) is 0 Å². The van der Waals surface area contributed by atoms with Crippen molar-refractivity contribution in [2.45, 2.75) is 13.1 Å². The molecule has 2 heterocycles. The summed E-state index contributed by atoms with van der Waals surface area (Å²) in [6.07, 6.45) is 3.29. The average Bonchev–Trinajstić information content (AvgIpc) is 2.60. The van der Waals surface area contributed by atoms with Crippen molar-refractivity contribution in [3.63, 3.8) is 0 Å². The summed E-state index contributed by atoms with van der Waals surface area (Å²) in [5, 5.41) is 3.30. The molecule has 2 rings (SSSR count). The van der Waals surface area contributed by atoms with Gasteiger partial charge in [0.25, 0.3) is 0 Å². The van der Waals surface area contributed by atoms with Crippen LogP contribution in [0.25, 0.3) is 0 Å². The highest BCUT2D eigenvalue weighted by Crippen LogP contribution is 2.31. The Morgan fingerprint density at radius 2 is 2.31 bits per heavy atom. The van der Waals surface area contributed by atoms with Crippen molar-refractivity contribution in [2.75, 3.05) is 0 Å². The summed E-state index contributed by atoms with van der Waals surface area (Å²) in [6.45, 7) is 1.52. The maximum atomic E-state index is 5.95. The Bertz CT molecular complexity index is 441. The van der Waals surface area contributed by atoms with E-state index in [1.807, 2.05) is 12.1 Å². The van der Waals surface area contributed by atoms with Crippen LogP contribution in [0.4, 0.5) is 0 Å². The van der Waals surface area contributed by atoms with Gasteiger partial charge in [0, 0.05) is 28.6 Å². The van der Waals surface area contributed by atoms with Crippen molar-refractivity contribution < 1.29 is 0 Å². The molecule has 1 N–H and O–H groups in total. The van der Waals surface area contributed by atoms with Gasteiger partial charge in [0.05, 0.1) is 5.69 Å². The SMILES string of the molecule is Clc1sc(CNCc2ccncn2)cc1Br. The summed E-state index contributed by atoms with van der Waals surface area (Å²) in [6, 6.07) is 3.92. The Labute approximate surface area is 111 Å². The van der Waals surface area contributed by atoms with Crippen LogP contribution in [0.15, 0.2) is 29.1 Å². The number of rotatable bonds is 4. The minimum atomic E-state index is 0.732. The van der Waals surface area contributed by atoms with Gasteiger partial charge in [-0.2, -0.15) is 0 Å². The third-order valence-electron chi connectivity index (χ3n) is 1.94. The molecule has 0 saturated heterocycles. The van der Waals surface area contributed by atoms with E-state index in [1.54, 1.807) is 23.9 Å². The zero-order valence-electron chi connectivity index (χ0n) is 8.28. The van der Waals surface area contributed by atoms with Crippen molar-refractivity contribution in [3.8, 4) is 0 Å². The lowest BCUT2D eigenvalue weighted by molar-refractivity contribution is 0.684. The van der Waals surface area contributed by atoms with E-state index in [2.05, 4.69) is 31.2 Å². The third-order valence-corrected chi connectivity index (χ3v) is 4.42. The highest BCUT2D eigenvalue weighted by molar-refractivity contribution is 9.10. The van der Waals surface area contributed by atoms with Gasteiger partial charge in [0.15, 0.2) is 0 Å². The Kier molecular flexibility index (Phi) is 4.29. The lowest BCUT2D eigenvalue weighted by Gasteiger charge is -2.01. The fraction of sp³-hybridized carbons (Fsp3) is 0.200. The van der Waals surface area contributed by atoms with Crippen LogP contribution in [0.1, 0.15) is 10.6 Å². The number of thiophene rings is 1. The summed E-state index contributed by atoms with van der Waals surface area (Å²) in [7, 11) is 0. The molecule has 0 saturated carbocycles. The van der Waals surface area contributed by atoms with E-state index in [-0.39, 0.29) is 0 Å². The smallest absolute Gasteiger partial charge is 0.115 e. The summed E-state index contributed by atoms with van der Waals surface area (Å²) >= 11 is 10.9. The van der Waals surface area contributed by atoms with E-state index in [9.17, 15) is 0 Å². The fourth-order valence-corrected chi connectivity index (χ4v) is 2.98. The molecular formula is C10H9BrClN3S. The van der Waals surface area contributed by atoms with Gasteiger partial charge in [-0.25, -0.2) is 9.97 Å². The van der Waals surface area contributed by atoms with Crippen molar-refractivity contribution >= 4 is 38.9 Å². The Morgan fingerprint density at radius 3 is 2.94 bits per heavy atom. The molecule has 2 aromatic heterocycles. The first-order valence-electron chi connectivity index (χ1n) is 4.65. The van der Waals surface area contributed by atoms with Crippen LogP contribution < -0.4 is 5.32 Å². The Balaban J connectivity index is 1.84. The second kappa shape index (κ2) is 5.72. The van der Waals surface area contributed by atoms with E-state index >= 15 is 0 Å². The predicted octanol–water partition coefficient (Wildman–Crippen LogP) is 3.24. The lowest BCUT2D eigenvalue weighted by Crippen LogP contribution is -2.12. The molecule has 0 spiro atoms. The topological polar surface area (TPSA) is 37.8 Å². The monoisotopic (exact) mass is 317 g/mol. The lowest BCUT2D eigenvalue weighted by atomic mass is 10.4. The largest absolute Gasteiger partial charge is 0.306 e. The molecule has 3 nitrogen and oxygen atoms in total. The third kappa shape index (κ3) is 3.25. The van der Waals surface area contributed by atoms with Crippen molar-refractivity contribution in [1.29, 1.82) is 0 Å². The van der Waals surface area contributed by atoms with Gasteiger partial charge in [-0.15, -0.1) is 11.3 Å². The van der Waals surface area contributed by atoms with E-state index in [0.717, 1.165) is 27.6 Å². The molecule has 0 fully saturated rings. The molecule has 0 aromatic carbocycles. The Hall–Kier alpha value is -0.490. The van der Waals surface area contributed by atoms with Crippen LogP contribution in [-0.4, -0.2) is 9.97 Å². The number of aromatic nitrogens is 2. The zero-order valence-corrected chi connectivity index (χ0v) is 11.4. The van der Waals surface area contributed by atoms with Crippen molar-refractivity contribution in [1.82, 2.24) is 15.3 Å². The predicted molar refractivity (Wildman–Crippen MR) is 69.6 cm³/mol. The quantitative estimate of drug-likeness (QED) is 0.940. The summed E-state index contributed by atoms with van der Waals surface area (Å²) in [4.78, 5) is 9.19. The molecule has 0 atom stereocenters. The highest BCUT2D eigenvalue weighted by Gasteiger charge is 2.03. The van der Waals surface area contributed by atoms with Gasteiger partial charge in [-0.05, 0) is 28.1 Å². The molecule has 0 aliphatic rings. The first-order valence-corrected chi connectivity index (χ1v) is 6.64. The van der Waals surface area contributed by atoms with Crippen LogP contribution in [0.3, 0.4) is 0 Å². The van der Waals surface area contributed by atoms with E-state index in [0.29, 0.717) is 0 Å². The molecule has 0 amide bonds. The minimum absolute atomic E-state index is 0.732. The van der Waals surface area contributed by atoms with E-state index in [4.69, 9.17) is 11.6 Å². The van der Waals surface area contributed by atoms with Gasteiger partial charge in [0.1, 0.15) is 10.7 Å². The van der Waals surface area contributed by atoms with Crippen molar-refractivity contribution in [3.05, 3.63) is 44.0 Å². The molecule has 0 radical (unpaired) electrons. The number of hydrogen-bond acceptors (Lipinski definition) is 4. The molecular weight excluding hydrogens is 310 g/mol. The molecule has 0 unspecified atom stereocenters. The van der Waals surface area contributed by atoms with Gasteiger partial charge < -0.3 is 5.32 Å². The van der Waals surface area contributed by atoms with E-state index < -0.39 is 0 Å². The second-order valence-corrected chi connectivity index (χ2v) is 5.73. The molecule has 0 aliphatic carbocycles. The summed E-state index contributed by atoms with van der Waals surface area (Å²) in [5.41, 5.74) is 0.983. The van der Waals surface area contributed by atoms with Gasteiger partial charge >= 0.3 is 0 Å². The first kappa shape index (κ1) is 12.0. The maximum Gasteiger partial charge on any atom is 0.115 e. The molecule has 84 valence electrons. The van der Waals surface area contributed by atoms with Crippen LogP contribution in [0, 0.1) is 0 Å². The van der Waals surface area contributed by atoms with Crippen LogP contribution >= 0.6 is 38.9 Å². The number of hydrogen-bond donors (Lipinski definition) is 1. The van der Waals surface area contributed by atoms with Crippen molar-refractivity contribution in [2.24, 2.45) is 0 Å². The van der Waals surface area contributed by atoms with Gasteiger partial charge in [-0.3, -0.25) is 0 Å². The average molecular weight is 319 g/mol. The normalized spacial score (nSPS) is 10.6. The second-order valence-electron chi connectivity index (χ2n) is 3.14. The molecule has 6 heteroatoms. The number of nitrogens with one attached hydrogen (secondary N) is 1. The van der Waals surface area contributed by atoms with Crippen LogP contribution in [0.5, 0.6) is 0 Å². The van der Waals surface area contributed by atoms with Crippen LogP contribution in [0.2, 0.25) is 4.34 Å². The minimum Gasteiger partial charge on any atom is -0.306 e. The highest BCUT2D eigenvalue weighted by atomic mass is 79.9.